The summed E-state index contributed by atoms with van der Waals surface area (Å²) in [5, 5.41) is 3.32. The number of hydrogen-bond donors (Lipinski definition) is 2. The molecule has 1 unspecified atom stereocenters. The van der Waals surface area contributed by atoms with Crippen LogP contribution < -0.4 is 15.8 Å². The van der Waals surface area contributed by atoms with Crippen LogP contribution in [0.1, 0.15) is 33.1 Å². The second kappa shape index (κ2) is 9.86. The minimum Gasteiger partial charge on any atom is -0.491 e. The maximum atomic E-state index is 11.9. The lowest BCUT2D eigenvalue weighted by Crippen LogP contribution is -2.35. The van der Waals surface area contributed by atoms with E-state index in [1.54, 1.807) is 18.2 Å². The molecule has 0 aliphatic heterocycles. The summed E-state index contributed by atoms with van der Waals surface area (Å²) in [6.45, 7) is 4.60. The number of carbonyl (C=O) groups is 1. The van der Waals surface area contributed by atoms with Gasteiger partial charge in [0, 0.05) is 5.02 Å². The monoisotopic (exact) mass is 320 g/mol. The molecule has 20 heavy (non-hydrogen) atoms. The summed E-state index contributed by atoms with van der Waals surface area (Å²) >= 11 is 5.94. The Labute approximate surface area is 131 Å². The van der Waals surface area contributed by atoms with E-state index in [0.717, 1.165) is 12.8 Å². The molecule has 1 rings (SSSR count). The zero-order valence-corrected chi connectivity index (χ0v) is 13.4. The highest BCUT2D eigenvalue weighted by Crippen LogP contribution is 2.28. The standard InChI is InChI=1S/C14H21ClN2O2.ClH/c1-3-5-11(16)14(18)17-12-9-10(15)6-7-13(12)19-8-4-2;/h6-7,9,11H,3-5,8,16H2,1-2H3,(H,17,18);1H. The van der Waals surface area contributed by atoms with E-state index in [1.165, 1.54) is 0 Å². The van der Waals surface area contributed by atoms with Gasteiger partial charge in [0.15, 0.2) is 0 Å². The molecule has 0 aliphatic rings. The number of carbonyl (C=O) groups excluding carboxylic acids is 1. The van der Waals surface area contributed by atoms with Crippen molar-refractivity contribution in [3.63, 3.8) is 0 Å². The topological polar surface area (TPSA) is 64.3 Å². The Morgan fingerprint density at radius 2 is 2.10 bits per heavy atom. The second-order valence-corrected chi connectivity index (χ2v) is 4.81. The largest absolute Gasteiger partial charge is 0.491 e. The quantitative estimate of drug-likeness (QED) is 0.806. The molecule has 0 saturated heterocycles. The van der Waals surface area contributed by atoms with E-state index in [0.29, 0.717) is 29.5 Å². The van der Waals surface area contributed by atoms with Gasteiger partial charge in [-0.25, -0.2) is 0 Å². The highest BCUT2D eigenvalue weighted by molar-refractivity contribution is 6.31. The van der Waals surface area contributed by atoms with E-state index in [4.69, 9.17) is 22.1 Å². The van der Waals surface area contributed by atoms with Gasteiger partial charge in [-0.05, 0) is 31.0 Å². The molecule has 1 atom stereocenters. The molecule has 1 aromatic rings. The van der Waals surface area contributed by atoms with Crippen LogP contribution in [0.15, 0.2) is 18.2 Å². The molecule has 1 amide bonds. The SMILES string of the molecule is CCCOc1ccc(Cl)cc1NC(=O)C(N)CCC.Cl. The number of hydrogen-bond acceptors (Lipinski definition) is 3. The molecule has 1 aromatic carbocycles. The van der Waals surface area contributed by atoms with Crippen molar-refractivity contribution in [3.8, 4) is 5.75 Å². The Bertz CT molecular complexity index is 428. The summed E-state index contributed by atoms with van der Waals surface area (Å²) in [6.07, 6.45) is 2.41. The maximum Gasteiger partial charge on any atom is 0.241 e. The highest BCUT2D eigenvalue weighted by atomic mass is 35.5. The molecule has 114 valence electrons. The van der Waals surface area contributed by atoms with Gasteiger partial charge in [-0.3, -0.25) is 4.79 Å². The van der Waals surface area contributed by atoms with Crippen LogP contribution in [0.2, 0.25) is 5.02 Å². The van der Waals surface area contributed by atoms with Crippen LogP contribution in [0, 0.1) is 0 Å². The molecular formula is C14H22Cl2N2O2. The van der Waals surface area contributed by atoms with Gasteiger partial charge in [-0.15, -0.1) is 12.4 Å². The van der Waals surface area contributed by atoms with Gasteiger partial charge in [-0.1, -0.05) is 31.9 Å². The second-order valence-electron chi connectivity index (χ2n) is 4.37. The maximum absolute atomic E-state index is 11.9. The number of anilines is 1. The van der Waals surface area contributed by atoms with E-state index >= 15 is 0 Å². The van der Waals surface area contributed by atoms with Crippen molar-refractivity contribution in [2.24, 2.45) is 5.73 Å². The van der Waals surface area contributed by atoms with Gasteiger partial charge in [0.1, 0.15) is 5.75 Å². The summed E-state index contributed by atoms with van der Waals surface area (Å²) < 4.78 is 5.57. The van der Waals surface area contributed by atoms with Crippen molar-refractivity contribution in [1.82, 2.24) is 0 Å². The van der Waals surface area contributed by atoms with Gasteiger partial charge in [-0.2, -0.15) is 0 Å². The van der Waals surface area contributed by atoms with Gasteiger partial charge >= 0.3 is 0 Å². The lowest BCUT2D eigenvalue weighted by molar-refractivity contribution is -0.117. The summed E-state index contributed by atoms with van der Waals surface area (Å²) in [5.41, 5.74) is 6.35. The average Bonchev–Trinajstić information content (AvgIpc) is 2.38. The fourth-order valence-electron chi connectivity index (χ4n) is 1.61. The predicted octanol–water partition coefficient (Wildman–Crippen LogP) is 3.62. The Morgan fingerprint density at radius 1 is 1.40 bits per heavy atom. The van der Waals surface area contributed by atoms with Crippen LogP contribution in [0.5, 0.6) is 5.75 Å². The number of nitrogens with two attached hydrogens (primary N) is 1. The van der Waals surface area contributed by atoms with Crippen LogP contribution in [0.25, 0.3) is 0 Å². The predicted molar refractivity (Wildman–Crippen MR) is 86.0 cm³/mol. The molecule has 4 nitrogen and oxygen atoms in total. The molecule has 0 heterocycles. The van der Waals surface area contributed by atoms with Crippen LogP contribution in [-0.4, -0.2) is 18.6 Å². The average molecular weight is 321 g/mol. The number of amides is 1. The van der Waals surface area contributed by atoms with Crippen LogP contribution in [0.4, 0.5) is 5.69 Å². The van der Waals surface area contributed by atoms with E-state index in [-0.39, 0.29) is 18.3 Å². The third-order valence-electron chi connectivity index (χ3n) is 2.60. The molecule has 0 saturated carbocycles. The third kappa shape index (κ3) is 5.99. The van der Waals surface area contributed by atoms with E-state index in [2.05, 4.69) is 5.32 Å². The van der Waals surface area contributed by atoms with E-state index in [9.17, 15) is 4.79 Å². The lowest BCUT2D eigenvalue weighted by atomic mass is 10.1. The summed E-state index contributed by atoms with van der Waals surface area (Å²) in [6, 6.07) is 4.64. The van der Waals surface area contributed by atoms with Crippen molar-refractivity contribution in [3.05, 3.63) is 23.2 Å². The Balaban J connectivity index is 0.00000361. The number of benzene rings is 1. The molecule has 0 fully saturated rings. The number of ether oxygens (including phenoxy) is 1. The molecule has 0 aliphatic carbocycles. The van der Waals surface area contributed by atoms with Gasteiger partial charge < -0.3 is 15.8 Å². The molecule has 0 radical (unpaired) electrons. The first-order valence-corrected chi connectivity index (χ1v) is 6.95. The fourth-order valence-corrected chi connectivity index (χ4v) is 1.78. The van der Waals surface area contributed by atoms with Crippen molar-refractivity contribution in [2.75, 3.05) is 11.9 Å². The fraction of sp³-hybridized carbons (Fsp3) is 0.500. The molecule has 0 spiro atoms. The van der Waals surface area contributed by atoms with Crippen LogP contribution >= 0.6 is 24.0 Å². The summed E-state index contributed by atoms with van der Waals surface area (Å²) in [7, 11) is 0. The molecule has 0 aromatic heterocycles. The van der Waals surface area contributed by atoms with Crippen molar-refractivity contribution < 1.29 is 9.53 Å². The lowest BCUT2D eigenvalue weighted by Gasteiger charge is -2.15. The van der Waals surface area contributed by atoms with Crippen molar-refractivity contribution in [2.45, 2.75) is 39.2 Å². The minimum atomic E-state index is -0.511. The molecule has 3 N–H and O–H groups in total. The highest BCUT2D eigenvalue weighted by Gasteiger charge is 2.15. The first kappa shape index (κ1) is 19.0. The number of rotatable bonds is 7. The Hall–Kier alpha value is -0.970. The molecular weight excluding hydrogens is 299 g/mol. The zero-order valence-electron chi connectivity index (χ0n) is 11.8. The number of halogens is 2. The summed E-state index contributed by atoms with van der Waals surface area (Å²) in [5.74, 6) is 0.397. The van der Waals surface area contributed by atoms with Gasteiger partial charge in [0.25, 0.3) is 0 Å². The van der Waals surface area contributed by atoms with Gasteiger partial charge in [0.05, 0.1) is 18.3 Å². The van der Waals surface area contributed by atoms with Crippen molar-refractivity contribution >= 4 is 35.6 Å². The van der Waals surface area contributed by atoms with Crippen LogP contribution in [-0.2, 0) is 4.79 Å². The first-order chi connectivity index (χ1) is 9.08. The van der Waals surface area contributed by atoms with Crippen LogP contribution in [0.3, 0.4) is 0 Å². The first-order valence-electron chi connectivity index (χ1n) is 6.57. The van der Waals surface area contributed by atoms with Gasteiger partial charge in [0.2, 0.25) is 5.91 Å². The molecule has 0 bridgehead atoms. The smallest absolute Gasteiger partial charge is 0.241 e. The minimum absolute atomic E-state index is 0. The van der Waals surface area contributed by atoms with Crippen molar-refractivity contribution in [1.29, 1.82) is 0 Å². The number of nitrogens with one attached hydrogen (secondary N) is 1. The van der Waals surface area contributed by atoms with E-state index in [1.807, 2.05) is 13.8 Å². The Kier molecular flexibility index (Phi) is 9.38. The van der Waals surface area contributed by atoms with E-state index < -0.39 is 6.04 Å². The normalized spacial score (nSPS) is 11.4. The zero-order chi connectivity index (χ0) is 14.3. The third-order valence-corrected chi connectivity index (χ3v) is 2.83. The molecule has 6 heteroatoms. The summed E-state index contributed by atoms with van der Waals surface area (Å²) in [4.78, 5) is 11.9. The Morgan fingerprint density at radius 3 is 2.70 bits per heavy atom.